The van der Waals surface area contributed by atoms with Crippen molar-refractivity contribution in [1.82, 2.24) is 5.32 Å². The maximum Gasteiger partial charge on any atom is 0.201 e. The van der Waals surface area contributed by atoms with E-state index in [2.05, 4.69) is 12.2 Å². The molecule has 1 aromatic carbocycles. The van der Waals surface area contributed by atoms with Crippen LogP contribution in [0, 0.1) is 0 Å². The lowest BCUT2D eigenvalue weighted by molar-refractivity contribution is 0.0975. The van der Waals surface area contributed by atoms with Crippen LogP contribution in [-0.4, -0.2) is 35.2 Å². The molecule has 0 amide bonds. The van der Waals surface area contributed by atoms with Gasteiger partial charge in [-0.1, -0.05) is 12.8 Å². The molecule has 0 aromatic heterocycles. The Labute approximate surface area is 130 Å². The van der Waals surface area contributed by atoms with Gasteiger partial charge in [0.15, 0.2) is 17.3 Å². The molecule has 0 bridgehead atoms. The van der Waals surface area contributed by atoms with Gasteiger partial charge >= 0.3 is 0 Å². The minimum Gasteiger partial charge on any atom is -0.504 e. The van der Waals surface area contributed by atoms with Gasteiger partial charge in [-0.3, -0.25) is 4.79 Å². The molecule has 0 saturated heterocycles. The van der Waals surface area contributed by atoms with Crippen LogP contribution in [0.5, 0.6) is 17.2 Å². The molecule has 2 rings (SSSR count). The van der Waals surface area contributed by atoms with E-state index in [-0.39, 0.29) is 47.3 Å². The second-order valence-electron chi connectivity index (χ2n) is 5.56. The Bertz CT molecular complexity index is 513. The fourth-order valence-electron chi connectivity index (χ4n) is 2.71. The van der Waals surface area contributed by atoms with Crippen LogP contribution in [-0.2, 0) is 0 Å². The first-order valence-corrected chi connectivity index (χ1v) is 6.84. The maximum atomic E-state index is 12.3. The lowest BCUT2D eigenvalue weighted by Gasteiger charge is -2.25. The Morgan fingerprint density at radius 2 is 1.95 bits per heavy atom. The van der Waals surface area contributed by atoms with E-state index in [4.69, 9.17) is 4.74 Å². The van der Waals surface area contributed by atoms with Crippen molar-refractivity contribution in [3.63, 3.8) is 0 Å². The number of Topliss-reactive ketones (excluding diaryl/α,β-unsaturated/α-hetero) is 1. The second kappa shape index (κ2) is 7.00. The summed E-state index contributed by atoms with van der Waals surface area (Å²) in [6.07, 6.45) is 4.50. The van der Waals surface area contributed by atoms with Crippen molar-refractivity contribution in [2.45, 2.75) is 38.1 Å². The lowest BCUT2D eigenvalue weighted by Crippen LogP contribution is -2.42. The molecular weight excluding hydrogens is 294 g/mol. The van der Waals surface area contributed by atoms with E-state index in [9.17, 15) is 15.0 Å². The average Bonchev–Trinajstić information content (AvgIpc) is 2.86. The summed E-state index contributed by atoms with van der Waals surface area (Å²) in [5.41, 5.74) is 0.291. The van der Waals surface area contributed by atoms with E-state index in [0.717, 1.165) is 12.8 Å². The van der Waals surface area contributed by atoms with Gasteiger partial charge in [0.25, 0.3) is 0 Å². The fraction of sp³-hybridized carbons (Fsp3) is 0.533. The summed E-state index contributed by atoms with van der Waals surface area (Å²) in [5, 5.41) is 22.4. The van der Waals surface area contributed by atoms with Crippen LogP contribution in [0.15, 0.2) is 12.1 Å². The van der Waals surface area contributed by atoms with Crippen LogP contribution in [0.1, 0.15) is 43.0 Å². The predicted octanol–water partition coefficient (Wildman–Crippen LogP) is 2.63. The fourth-order valence-corrected chi connectivity index (χ4v) is 2.71. The molecule has 0 spiro atoms. The first kappa shape index (κ1) is 17.6. The Kier molecular flexibility index (Phi) is 5.87. The van der Waals surface area contributed by atoms with Gasteiger partial charge < -0.3 is 20.3 Å². The topological polar surface area (TPSA) is 78.8 Å². The van der Waals surface area contributed by atoms with Gasteiger partial charge in [-0.25, -0.2) is 0 Å². The first-order valence-electron chi connectivity index (χ1n) is 6.84. The summed E-state index contributed by atoms with van der Waals surface area (Å²) < 4.78 is 5.02. The van der Waals surface area contributed by atoms with E-state index in [1.807, 2.05) is 0 Å². The van der Waals surface area contributed by atoms with Gasteiger partial charge in [0.1, 0.15) is 0 Å². The monoisotopic (exact) mass is 315 g/mol. The first-order chi connectivity index (χ1) is 9.47. The zero-order chi connectivity index (χ0) is 14.8. The molecule has 21 heavy (non-hydrogen) atoms. The molecule has 0 atom stereocenters. The Morgan fingerprint density at radius 1 is 1.33 bits per heavy atom. The number of halogens is 1. The van der Waals surface area contributed by atoms with Crippen molar-refractivity contribution in [2.75, 3.05) is 13.7 Å². The van der Waals surface area contributed by atoms with Crippen LogP contribution in [0.3, 0.4) is 0 Å². The average molecular weight is 316 g/mol. The minimum atomic E-state index is -0.398. The highest BCUT2D eigenvalue weighted by Gasteiger charge is 2.29. The van der Waals surface area contributed by atoms with E-state index < -0.39 is 5.75 Å². The smallest absolute Gasteiger partial charge is 0.201 e. The summed E-state index contributed by atoms with van der Waals surface area (Å²) in [6, 6.07) is 2.76. The molecule has 1 fully saturated rings. The number of benzene rings is 1. The molecule has 0 heterocycles. The zero-order valence-corrected chi connectivity index (χ0v) is 13.1. The molecule has 6 heteroatoms. The molecular formula is C15H22ClNO4. The van der Waals surface area contributed by atoms with Gasteiger partial charge in [0.05, 0.1) is 19.2 Å². The van der Waals surface area contributed by atoms with Gasteiger partial charge in [-0.2, -0.15) is 0 Å². The molecule has 1 saturated carbocycles. The van der Waals surface area contributed by atoms with E-state index >= 15 is 0 Å². The Morgan fingerprint density at radius 3 is 2.52 bits per heavy atom. The Balaban J connectivity index is 0.00000220. The molecule has 1 aliphatic rings. The number of aromatic hydroxyl groups is 2. The molecule has 118 valence electrons. The molecule has 0 radical (unpaired) electrons. The van der Waals surface area contributed by atoms with Crippen molar-refractivity contribution in [2.24, 2.45) is 0 Å². The van der Waals surface area contributed by atoms with Crippen molar-refractivity contribution in [1.29, 1.82) is 0 Å². The maximum absolute atomic E-state index is 12.3. The van der Waals surface area contributed by atoms with E-state index in [1.165, 1.54) is 32.1 Å². The van der Waals surface area contributed by atoms with E-state index in [1.54, 1.807) is 0 Å². The molecule has 1 aromatic rings. The van der Waals surface area contributed by atoms with Gasteiger partial charge in [-0.15, -0.1) is 12.4 Å². The number of phenolic OH excluding ortho intramolecular Hbond substituents is 2. The number of nitrogens with one attached hydrogen (secondary N) is 1. The van der Waals surface area contributed by atoms with Crippen LogP contribution in [0.2, 0.25) is 0 Å². The quantitative estimate of drug-likeness (QED) is 0.575. The number of carbonyl (C=O) groups is 1. The number of rotatable bonds is 5. The number of methoxy groups -OCH3 is 1. The number of hydrogen-bond acceptors (Lipinski definition) is 5. The molecule has 0 aliphatic heterocycles. The summed E-state index contributed by atoms with van der Waals surface area (Å²) in [5.74, 6) is -0.835. The Hall–Kier alpha value is -1.46. The molecule has 5 nitrogen and oxygen atoms in total. The lowest BCUT2D eigenvalue weighted by atomic mass is 10.00. The van der Waals surface area contributed by atoms with Crippen LogP contribution < -0.4 is 10.1 Å². The normalized spacial score (nSPS) is 16.3. The molecule has 1 aliphatic carbocycles. The summed E-state index contributed by atoms with van der Waals surface area (Å²) >= 11 is 0. The molecule has 3 N–H and O–H groups in total. The van der Waals surface area contributed by atoms with Crippen LogP contribution in [0.4, 0.5) is 0 Å². The number of phenols is 2. The second-order valence-corrected chi connectivity index (χ2v) is 5.56. The number of carbonyl (C=O) groups excluding carboxylic acids is 1. The third-order valence-electron chi connectivity index (χ3n) is 4.00. The number of ether oxygens (including phenoxy) is 1. The molecule has 0 unspecified atom stereocenters. The van der Waals surface area contributed by atoms with Gasteiger partial charge in [0, 0.05) is 5.54 Å². The summed E-state index contributed by atoms with van der Waals surface area (Å²) in [7, 11) is 1.36. The third-order valence-corrected chi connectivity index (χ3v) is 4.00. The predicted molar refractivity (Wildman–Crippen MR) is 82.8 cm³/mol. The van der Waals surface area contributed by atoms with Gasteiger partial charge in [0.2, 0.25) is 5.75 Å². The van der Waals surface area contributed by atoms with Crippen molar-refractivity contribution in [3.8, 4) is 17.2 Å². The highest BCUT2D eigenvalue weighted by molar-refractivity contribution is 6.01. The third kappa shape index (κ3) is 3.80. The van der Waals surface area contributed by atoms with Crippen molar-refractivity contribution in [3.05, 3.63) is 17.7 Å². The number of ketones is 1. The van der Waals surface area contributed by atoms with Crippen molar-refractivity contribution < 1.29 is 19.7 Å². The minimum absolute atomic E-state index is 0. The zero-order valence-electron chi connectivity index (χ0n) is 12.3. The highest BCUT2D eigenvalue weighted by atomic mass is 35.5. The largest absolute Gasteiger partial charge is 0.504 e. The summed E-state index contributed by atoms with van der Waals surface area (Å²) in [4.78, 5) is 12.3. The van der Waals surface area contributed by atoms with Crippen LogP contribution >= 0.6 is 12.4 Å². The highest BCUT2D eigenvalue weighted by Crippen LogP contribution is 2.38. The number of hydrogen-bond donors (Lipinski definition) is 3. The van der Waals surface area contributed by atoms with Crippen molar-refractivity contribution >= 4 is 18.2 Å². The van der Waals surface area contributed by atoms with Crippen LogP contribution in [0.25, 0.3) is 0 Å². The SMILES string of the molecule is COc1c(C(=O)CNC2(C)CCCC2)ccc(O)c1O.Cl. The van der Waals surface area contributed by atoms with Gasteiger partial charge in [-0.05, 0) is 31.9 Å². The standard InChI is InChI=1S/C15H21NO4.ClH/c1-15(7-3-4-8-15)16-9-12(18)10-5-6-11(17)13(19)14(10)20-2;/h5-6,16-17,19H,3-4,7-9H2,1-2H3;1H. The van der Waals surface area contributed by atoms with E-state index in [0.29, 0.717) is 0 Å². The summed E-state index contributed by atoms with van der Waals surface area (Å²) in [6.45, 7) is 2.32.